The first-order valence-corrected chi connectivity index (χ1v) is 4.43. The molecular formula is C9H15N3O. The monoisotopic (exact) mass is 181 g/mol. The number of hydrogen-bond acceptors (Lipinski definition) is 4. The second-order valence-corrected chi connectivity index (χ2v) is 2.70. The highest BCUT2D eigenvalue weighted by Gasteiger charge is 2.00. The first-order chi connectivity index (χ1) is 6.38. The van der Waals surface area contributed by atoms with Crippen molar-refractivity contribution in [2.45, 2.75) is 19.8 Å². The molecule has 0 aliphatic rings. The van der Waals surface area contributed by atoms with Gasteiger partial charge in [-0.15, -0.1) is 0 Å². The number of nitrogens with two attached hydrogens (primary N) is 1. The topological polar surface area (TPSA) is 60.2 Å². The normalized spacial score (nSPS) is 9.69. The second kappa shape index (κ2) is 5.37. The Bertz CT molecular complexity index is 252. The van der Waals surface area contributed by atoms with E-state index >= 15 is 0 Å². The highest BCUT2D eigenvalue weighted by molar-refractivity contribution is 5.48. The summed E-state index contributed by atoms with van der Waals surface area (Å²) in [5.74, 6) is 6.55. The fourth-order valence-electron chi connectivity index (χ4n) is 0.942. The van der Waals surface area contributed by atoms with Crippen molar-refractivity contribution in [2.24, 2.45) is 5.84 Å². The van der Waals surface area contributed by atoms with Gasteiger partial charge in [0.15, 0.2) is 11.6 Å². The second-order valence-electron chi connectivity index (χ2n) is 2.70. The number of nitrogens with zero attached hydrogens (tertiary/aromatic N) is 1. The van der Waals surface area contributed by atoms with Crippen LogP contribution in [0.15, 0.2) is 18.3 Å². The SMILES string of the molecule is CCCCOc1cccnc1NN. The van der Waals surface area contributed by atoms with Crippen LogP contribution in [-0.4, -0.2) is 11.6 Å². The van der Waals surface area contributed by atoms with Gasteiger partial charge in [-0.2, -0.15) is 0 Å². The summed E-state index contributed by atoms with van der Waals surface area (Å²) in [5, 5.41) is 0. The minimum Gasteiger partial charge on any atom is -0.490 e. The molecule has 3 N–H and O–H groups in total. The van der Waals surface area contributed by atoms with Crippen LogP contribution in [0.4, 0.5) is 5.82 Å². The molecule has 0 aliphatic heterocycles. The molecule has 0 spiro atoms. The fourth-order valence-corrected chi connectivity index (χ4v) is 0.942. The molecule has 0 aromatic carbocycles. The molecule has 0 atom stereocenters. The summed E-state index contributed by atoms with van der Waals surface area (Å²) >= 11 is 0. The molecule has 1 aromatic rings. The zero-order valence-corrected chi connectivity index (χ0v) is 7.79. The number of hydrazine groups is 1. The van der Waals surface area contributed by atoms with Crippen LogP contribution in [-0.2, 0) is 0 Å². The van der Waals surface area contributed by atoms with Gasteiger partial charge in [0.1, 0.15) is 0 Å². The van der Waals surface area contributed by atoms with Gasteiger partial charge < -0.3 is 10.2 Å². The molecule has 0 saturated carbocycles. The van der Waals surface area contributed by atoms with Gasteiger partial charge >= 0.3 is 0 Å². The summed E-state index contributed by atoms with van der Waals surface area (Å²) in [7, 11) is 0. The molecule has 0 bridgehead atoms. The average Bonchev–Trinajstić information content (AvgIpc) is 2.19. The number of nitrogen functional groups attached to an aromatic ring is 1. The Morgan fingerprint density at radius 3 is 3.15 bits per heavy atom. The maximum Gasteiger partial charge on any atom is 0.182 e. The number of anilines is 1. The zero-order valence-electron chi connectivity index (χ0n) is 7.79. The largest absolute Gasteiger partial charge is 0.490 e. The van der Waals surface area contributed by atoms with Gasteiger partial charge in [0.2, 0.25) is 0 Å². The molecule has 1 heterocycles. The van der Waals surface area contributed by atoms with Crippen molar-refractivity contribution in [3.8, 4) is 5.75 Å². The minimum absolute atomic E-state index is 0.582. The molecular weight excluding hydrogens is 166 g/mol. The Balaban J connectivity index is 2.54. The van der Waals surface area contributed by atoms with Crippen molar-refractivity contribution in [1.82, 2.24) is 4.98 Å². The van der Waals surface area contributed by atoms with Crippen molar-refractivity contribution in [3.05, 3.63) is 18.3 Å². The van der Waals surface area contributed by atoms with E-state index < -0.39 is 0 Å². The van der Waals surface area contributed by atoms with Crippen molar-refractivity contribution in [2.75, 3.05) is 12.0 Å². The van der Waals surface area contributed by atoms with E-state index in [0.29, 0.717) is 18.2 Å². The van der Waals surface area contributed by atoms with Crippen LogP contribution < -0.4 is 16.0 Å². The summed E-state index contributed by atoms with van der Waals surface area (Å²) in [6.07, 6.45) is 3.83. The standard InChI is InChI=1S/C9H15N3O/c1-2-3-7-13-8-5-4-6-11-9(8)12-10/h4-6H,2-3,7,10H2,1H3,(H,11,12). The lowest BCUT2D eigenvalue weighted by Crippen LogP contribution is -2.10. The Hall–Kier alpha value is -1.29. The third-order valence-corrected chi connectivity index (χ3v) is 1.66. The predicted molar refractivity (Wildman–Crippen MR) is 52.5 cm³/mol. The smallest absolute Gasteiger partial charge is 0.182 e. The van der Waals surface area contributed by atoms with Gasteiger partial charge in [0.25, 0.3) is 0 Å². The van der Waals surface area contributed by atoms with E-state index in [1.807, 2.05) is 12.1 Å². The lowest BCUT2D eigenvalue weighted by molar-refractivity contribution is 0.310. The Kier molecular flexibility index (Phi) is 4.05. The quantitative estimate of drug-likeness (QED) is 0.411. The fraction of sp³-hybridized carbons (Fsp3) is 0.444. The maximum absolute atomic E-state index is 5.46. The van der Waals surface area contributed by atoms with Gasteiger partial charge in [-0.25, -0.2) is 10.8 Å². The highest BCUT2D eigenvalue weighted by Crippen LogP contribution is 2.19. The first-order valence-electron chi connectivity index (χ1n) is 4.43. The zero-order chi connectivity index (χ0) is 9.52. The highest BCUT2D eigenvalue weighted by atomic mass is 16.5. The number of hydrogen-bond donors (Lipinski definition) is 2. The lowest BCUT2D eigenvalue weighted by Gasteiger charge is -2.08. The molecule has 1 rings (SSSR count). The van der Waals surface area contributed by atoms with E-state index in [1.165, 1.54) is 0 Å². The third-order valence-electron chi connectivity index (χ3n) is 1.66. The molecule has 0 radical (unpaired) electrons. The minimum atomic E-state index is 0.582. The summed E-state index contributed by atoms with van der Waals surface area (Å²) in [6.45, 7) is 2.82. The first kappa shape index (κ1) is 9.80. The predicted octanol–water partition coefficient (Wildman–Crippen LogP) is 1.55. The summed E-state index contributed by atoms with van der Waals surface area (Å²) in [4.78, 5) is 4.01. The van der Waals surface area contributed by atoms with Crippen LogP contribution in [0.2, 0.25) is 0 Å². The average molecular weight is 181 g/mol. The molecule has 4 nitrogen and oxygen atoms in total. The lowest BCUT2D eigenvalue weighted by atomic mass is 10.3. The van der Waals surface area contributed by atoms with Gasteiger partial charge in [-0.3, -0.25) is 0 Å². The van der Waals surface area contributed by atoms with E-state index in [2.05, 4.69) is 17.3 Å². The maximum atomic E-state index is 5.46. The Morgan fingerprint density at radius 2 is 2.46 bits per heavy atom. The van der Waals surface area contributed by atoms with Crippen molar-refractivity contribution in [1.29, 1.82) is 0 Å². The molecule has 0 aliphatic carbocycles. The summed E-state index contributed by atoms with van der Waals surface area (Å²) < 4.78 is 5.46. The van der Waals surface area contributed by atoms with E-state index in [-0.39, 0.29) is 0 Å². The summed E-state index contributed by atoms with van der Waals surface area (Å²) in [6, 6.07) is 3.67. The molecule has 0 unspecified atom stereocenters. The Morgan fingerprint density at radius 1 is 1.62 bits per heavy atom. The Labute approximate surface area is 78.1 Å². The number of aromatic nitrogens is 1. The molecule has 72 valence electrons. The number of rotatable bonds is 5. The molecule has 4 heteroatoms. The van der Waals surface area contributed by atoms with Gasteiger partial charge in [0, 0.05) is 6.20 Å². The van der Waals surface area contributed by atoms with Crippen LogP contribution in [0.25, 0.3) is 0 Å². The van der Waals surface area contributed by atoms with E-state index in [0.717, 1.165) is 12.8 Å². The van der Waals surface area contributed by atoms with Crippen molar-refractivity contribution >= 4 is 5.82 Å². The van der Waals surface area contributed by atoms with Crippen LogP contribution in [0, 0.1) is 0 Å². The van der Waals surface area contributed by atoms with Crippen LogP contribution in [0.3, 0.4) is 0 Å². The van der Waals surface area contributed by atoms with Crippen LogP contribution in [0.5, 0.6) is 5.75 Å². The third kappa shape index (κ3) is 2.91. The van der Waals surface area contributed by atoms with Crippen LogP contribution >= 0.6 is 0 Å². The summed E-state index contributed by atoms with van der Waals surface area (Å²) in [5.41, 5.74) is 2.49. The van der Waals surface area contributed by atoms with Gasteiger partial charge in [-0.05, 0) is 18.6 Å². The molecule has 13 heavy (non-hydrogen) atoms. The van der Waals surface area contributed by atoms with E-state index in [4.69, 9.17) is 10.6 Å². The number of pyridine rings is 1. The van der Waals surface area contributed by atoms with Crippen LogP contribution in [0.1, 0.15) is 19.8 Å². The molecule has 0 saturated heterocycles. The number of ether oxygens (including phenoxy) is 1. The van der Waals surface area contributed by atoms with E-state index in [1.54, 1.807) is 6.20 Å². The molecule has 1 aromatic heterocycles. The van der Waals surface area contributed by atoms with Crippen molar-refractivity contribution in [3.63, 3.8) is 0 Å². The molecule has 0 fully saturated rings. The number of nitrogens with one attached hydrogen (secondary N) is 1. The van der Waals surface area contributed by atoms with E-state index in [9.17, 15) is 0 Å². The van der Waals surface area contributed by atoms with Gasteiger partial charge in [-0.1, -0.05) is 13.3 Å². The molecule has 0 amide bonds. The van der Waals surface area contributed by atoms with Gasteiger partial charge in [0.05, 0.1) is 6.61 Å². The van der Waals surface area contributed by atoms with Crippen molar-refractivity contribution < 1.29 is 4.74 Å². The number of unbranched alkanes of at least 4 members (excludes halogenated alkanes) is 1.